The van der Waals surface area contributed by atoms with Gasteiger partial charge in [-0.1, -0.05) is 18.2 Å². The lowest BCUT2D eigenvalue weighted by Crippen LogP contribution is -2.33. The molecular formula is C20H17N11O3. The van der Waals surface area contributed by atoms with Crippen molar-refractivity contribution >= 4 is 29.1 Å². The van der Waals surface area contributed by atoms with E-state index < -0.39 is 11.0 Å². The summed E-state index contributed by atoms with van der Waals surface area (Å²) in [6, 6.07) is 9.39. The van der Waals surface area contributed by atoms with Crippen LogP contribution in [0.1, 0.15) is 28.4 Å². The third-order valence-corrected chi connectivity index (χ3v) is 5.07. The summed E-state index contributed by atoms with van der Waals surface area (Å²) < 4.78 is 7.28. The Hall–Kier alpha value is -5.37. The highest BCUT2D eigenvalue weighted by molar-refractivity contribution is 5.98. The molecule has 14 nitrogen and oxygen atoms in total. The SMILES string of the molecule is Cc1cc([N+](=O)[O-])nn1COc1ccccc1C1N=C(NC#N)Nc2nc(N)c(C#N)c(N)c21. The third kappa shape index (κ3) is 3.82. The molecule has 0 fully saturated rings. The number of nitriles is 2. The number of aromatic nitrogens is 3. The highest BCUT2D eigenvalue weighted by atomic mass is 16.6. The fourth-order valence-corrected chi connectivity index (χ4v) is 3.49. The summed E-state index contributed by atoms with van der Waals surface area (Å²) in [6.45, 7) is 1.56. The fourth-order valence-electron chi connectivity index (χ4n) is 3.49. The van der Waals surface area contributed by atoms with E-state index in [1.807, 2.05) is 6.07 Å². The number of guanidine groups is 1. The molecule has 14 heteroatoms. The van der Waals surface area contributed by atoms with Gasteiger partial charge in [0.15, 0.2) is 6.19 Å². The molecule has 4 rings (SSSR count). The van der Waals surface area contributed by atoms with Crippen molar-refractivity contribution in [3.05, 3.63) is 62.8 Å². The summed E-state index contributed by atoms with van der Waals surface area (Å²) >= 11 is 0. The molecule has 1 aliphatic heterocycles. The Balaban J connectivity index is 1.77. The van der Waals surface area contributed by atoms with Gasteiger partial charge in [-0.05, 0) is 17.9 Å². The fraction of sp³-hybridized carbons (Fsp3) is 0.150. The van der Waals surface area contributed by atoms with Crippen LogP contribution in [0.15, 0.2) is 35.3 Å². The van der Waals surface area contributed by atoms with Crippen molar-refractivity contribution in [1.82, 2.24) is 20.1 Å². The molecule has 0 amide bonds. The van der Waals surface area contributed by atoms with Crippen molar-refractivity contribution in [3.8, 4) is 18.0 Å². The summed E-state index contributed by atoms with van der Waals surface area (Å²) in [5.41, 5.74) is 13.7. The molecule has 3 heterocycles. The Morgan fingerprint density at radius 3 is 2.79 bits per heavy atom. The van der Waals surface area contributed by atoms with Crippen molar-refractivity contribution in [2.24, 2.45) is 4.99 Å². The maximum atomic E-state index is 11.0. The van der Waals surface area contributed by atoms with Gasteiger partial charge >= 0.3 is 5.82 Å². The van der Waals surface area contributed by atoms with Crippen molar-refractivity contribution in [2.45, 2.75) is 19.7 Å². The molecule has 1 aliphatic rings. The normalized spacial score (nSPS) is 14.1. The molecule has 0 saturated carbocycles. The Morgan fingerprint density at radius 1 is 1.35 bits per heavy atom. The number of nitrogens with one attached hydrogen (secondary N) is 2. The summed E-state index contributed by atoms with van der Waals surface area (Å²) in [5.74, 6) is 0.361. The molecule has 0 bridgehead atoms. The number of nitrogens with zero attached hydrogens (tertiary/aromatic N) is 7. The number of nitrogen functional groups attached to an aromatic ring is 2. The van der Waals surface area contributed by atoms with Crippen LogP contribution in [0.4, 0.5) is 23.1 Å². The lowest BCUT2D eigenvalue weighted by atomic mass is 9.94. The van der Waals surface area contributed by atoms with Crippen LogP contribution in [0.25, 0.3) is 0 Å². The van der Waals surface area contributed by atoms with Crippen LogP contribution in [0.2, 0.25) is 0 Å². The summed E-state index contributed by atoms with van der Waals surface area (Å²) in [6.07, 6.45) is 1.79. The van der Waals surface area contributed by atoms with Gasteiger partial charge in [0, 0.05) is 11.1 Å². The molecule has 1 unspecified atom stereocenters. The standard InChI is InChI=1S/C20H17N11O3/c1-10-6-14(31(32)33)29-30(10)9-34-13-5-3-2-4-11(13)17-15-16(23)12(7-21)18(24)27-19(15)28-20(26-17)25-8-22/h2-6,17H,9H2,1H3,(H6,23,24,25,26,27,28). The topological polar surface area (TPSA) is 219 Å². The first-order chi connectivity index (χ1) is 16.3. The summed E-state index contributed by atoms with van der Waals surface area (Å²) in [5, 5.41) is 38.7. The minimum Gasteiger partial charge on any atom is -0.469 e. The first-order valence-corrected chi connectivity index (χ1v) is 9.73. The van der Waals surface area contributed by atoms with Crippen LogP contribution >= 0.6 is 0 Å². The number of fused-ring (bicyclic) bond motifs is 1. The number of pyridine rings is 1. The first kappa shape index (κ1) is 21.8. The monoisotopic (exact) mass is 459 g/mol. The van der Waals surface area contributed by atoms with Gasteiger partial charge in [0.05, 0.1) is 22.5 Å². The van der Waals surface area contributed by atoms with Crippen LogP contribution in [-0.2, 0) is 6.73 Å². The second-order valence-corrected chi connectivity index (χ2v) is 7.11. The van der Waals surface area contributed by atoms with Crippen molar-refractivity contribution in [2.75, 3.05) is 16.8 Å². The number of nitrogens with two attached hydrogens (primary N) is 2. The zero-order chi connectivity index (χ0) is 24.4. The van der Waals surface area contributed by atoms with Gasteiger partial charge in [0.1, 0.15) is 35.1 Å². The second kappa shape index (κ2) is 8.64. The van der Waals surface area contributed by atoms with E-state index in [1.165, 1.54) is 10.7 Å². The lowest BCUT2D eigenvalue weighted by molar-refractivity contribution is -0.389. The Labute approximate surface area is 192 Å². The minimum absolute atomic E-state index is 0.00955. The third-order valence-electron chi connectivity index (χ3n) is 5.07. The minimum atomic E-state index is -0.809. The largest absolute Gasteiger partial charge is 0.469 e. The van der Waals surface area contributed by atoms with Crippen LogP contribution in [0.3, 0.4) is 0 Å². The van der Waals surface area contributed by atoms with E-state index in [0.29, 0.717) is 22.6 Å². The molecular weight excluding hydrogens is 442 g/mol. The van der Waals surface area contributed by atoms with Crippen LogP contribution in [-0.4, -0.2) is 25.6 Å². The van der Waals surface area contributed by atoms with Gasteiger partial charge in [-0.2, -0.15) is 10.5 Å². The van der Waals surface area contributed by atoms with Crippen molar-refractivity contribution in [1.29, 1.82) is 10.5 Å². The van der Waals surface area contributed by atoms with Crippen LogP contribution < -0.4 is 26.8 Å². The molecule has 34 heavy (non-hydrogen) atoms. The Bertz CT molecular complexity index is 1410. The number of aryl methyl sites for hydroxylation is 1. The first-order valence-electron chi connectivity index (χ1n) is 9.73. The van der Waals surface area contributed by atoms with E-state index in [-0.39, 0.29) is 41.4 Å². The number of benzene rings is 1. The molecule has 0 saturated heterocycles. The van der Waals surface area contributed by atoms with E-state index in [4.69, 9.17) is 21.5 Å². The van der Waals surface area contributed by atoms with Crippen molar-refractivity contribution < 1.29 is 9.66 Å². The zero-order valence-electron chi connectivity index (χ0n) is 17.7. The molecule has 170 valence electrons. The van der Waals surface area contributed by atoms with Gasteiger partial charge in [0.2, 0.25) is 12.7 Å². The number of ether oxygens (including phenoxy) is 1. The average molecular weight is 459 g/mol. The Morgan fingerprint density at radius 2 is 2.12 bits per heavy atom. The summed E-state index contributed by atoms with van der Waals surface area (Å²) in [4.78, 5) is 19.2. The molecule has 0 radical (unpaired) electrons. The number of rotatable bonds is 5. The van der Waals surface area contributed by atoms with Gasteiger partial charge < -0.3 is 31.6 Å². The lowest BCUT2D eigenvalue weighted by Gasteiger charge is -2.27. The van der Waals surface area contributed by atoms with Gasteiger partial charge in [-0.25, -0.2) is 9.98 Å². The number of hydrogen-bond acceptors (Lipinski definition) is 12. The van der Waals surface area contributed by atoms with Gasteiger partial charge in [0.25, 0.3) is 0 Å². The number of anilines is 3. The van der Waals surface area contributed by atoms with E-state index in [2.05, 4.69) is 25.7 Å². The smallest absolute Gasteiger partial charge is 0.390 e. The van der Waals surface area contributed by atoms with E-state index in [0.717, 1.165) is 0 Å². The van der Waals surface area contributed by atoms with E-state index >= 15 is 0 Å². The average Bonchev–Trinajstić information content (AvgIpc) is 3.18. The van der Waals surface area contributed by atoms with Crippen LogP contribution in [0, 0.1) is 39.8 Å². The van der Waals surface area contributed by atoms with Gasteiger partial charge in [-0.3, -0.25) is 5.32 Å². The number of hydrogen-bond donors (Lipinski definition) is 4. The number of nitro groups is 1. The quantitative estimate of drug-likeness (QED) is 0.185. The number of para-hydroxylation sites is 1. The molecule has 3 aromatic rings. The Kier molecular flexibility index (Phi) is 5.55. The molecule has 2 aromatic heterocycles. The second-order valence-electron chi connectivity index (χ2n) is 7.11. The van der Waals surface area contributed by atoms with E-state index in [9.17, 15) is 15.4 Å². The van der Waals surface area contributed by atoms with Gasteiger partial charge in [-0.15, -0.1) is 4.68 Å². The highest BCUT2D eigenvalue weighted by Crippen LogP contribution is 2.43. The maximum absolute atomic E-state index is 11.0. The highest BCUT2D eigenvalue weighted by Gasteiger charge is 2.31. The van der Waals surface area contributed by atoms with Crippen LogP contribution in [0.5, 0.6) is 5.75 Å². The zero-order valence-corrected chi connectivity index (χ0v) is 17.7. The van der Waals surface area contributed by atoms with Crippen molar-refractivity contribution in [3.63, 3.8) is 0 Å². The summed E-state index contributed by atoms with van der Waals surface area (Å²) in [7, 11) is 0. The predicted octanol–water partition coefficient (Wildman–Crippen LogP) is 1.51. The molecule has 1 atom stereocenters. The molecule has 0 spiro atoms. The van der Waals surface area contributed by atoms with E-state index in [1.54, 1.807) is 37.4 Å². The number of aliphatic imine (C=N–C) groups is 1. The molecule has 0 aliphatic carbocycles. The molecule has 6 N–H and O–H groups in total. The predicted molar refractivity (Wildman–Crippen MR) is 120 cm³/mol. The molecule has 1 aromatic carbocycles. The maximum Gasteiger partial charge on any atom is 0.390 e.